The Morgan fingerprint density at radius 3 is 2.58 bits per heavy atom. The molecule has 8 heteroatoms. The van der Waals surface area contributed by atoms with Crippen LogP contribution in [0.2, 0.25) is 0 Å². The van der Waals surface area contributed by atoms with E-state index in [9.17, 15) is 4.79 Å². The average Bonchev–Trinajstić information content (AvgIpc) is 3.38. The number of nitrogen functional groups attached to an aromatic ring is 1. The van der Waals surface area contributed by atoms with Gasteiger partial charge in [-0.15, -0.1) is 11.3 Å². The van der Waals surface area contributed by atoms with Crippen LogP contribution in [0.5, 0.6) is 0 Å². The predicted molar refractivity (Wildman–Crippen MR) is 134 cm³/mol. The first kappa shape index (κ1) is 20.7. The van der Waals surface area contributed by atoms with Crippen LogP contribution in [-0.4, -0.2) is 20.3 Å². The summed E-state index contributed by atoms with van der Waals surface area (Å²) in [7, 11) is 0. The number of aromatic nitrogens is 3. The summed E-state index contributed by atoms with van der Waals surface area (Å²) in [6.45, 7) is 4.06. The van der Waals surface area contributed by atoms with Gasteiger partial charge in [0.1, 0.15) is 11.3 Å². The molecular weight excluding hydrogens is 432 g/mol. The van der Waals surface area contributed by atoms with E-state index in [1.165, 1.54) is 11.3 Å². The highest BCUT2D eigenvalue weighted by Crippen LogP contribution is 2.30. The molecule has 0 bridgehead atoms. The number of nitrogens with zero attached hydrogens (tertiary/aromatic N) is 3. The Morgan fingerprint density at radius 2 is 1.79 bits per heavy atom. The van der Waals surface area contributed by atoms with Gasteiger partial charge in [-0.1, -0.05) is 18.2 Å². The number of hydrogen-bond acceptors (Lipinski definition) is 6. The minimum Gasteiger partial charge on any atom is -0.397 e. The minimum absolute atomic E-state index is 0.214. The highest BCUT2D eigenvalue weighted by molar-refractivity contribution is 7.14. The third-order valence-electron chi connectivity index (χ3n) is 5.29. The number of imidazole rings is 1. The number of anilines is 4. The number of thiazole rings is 1. The van der Waals surface area contributed by atoms with Gasteiger partial charge in [0, 0.05) is 22.8 Å². The fourth-order valence-electron chi connectivity index (χ4n) is 3.65. The quantitative estimate of drug-likeness (QED) is 0.298. The lowest BCUT2D eigenvalue weighted by molar-refractivity contribution is 0.102. The van der Waals surface area contributed by atoms with Gasteiger partial charge in [0.25, 0.3) is 5.91 Å². The summed E-state index contributed by atoms with van der Waals surface area (Å²) >= 11 is 1.52. The van der Waals surface area contributed by atoms with Crippen molar-refractivity contribution in [2.45, 2.75) is 13.8 Å². The number of carbonyl (C=O) groups excluding carboxylic acids is 1. The Hall–Kier alpha value is -4.17. The molecule has 0 aliphatic carbocycles. The van der Waals surface area contributed by atoms with E-state index in [0.717, 1.165) is 39.1 Å². The smallest absolute Gasteiger partial charge is 0.255 e. The van der Waals surface area contributed by atoms with Gasteiger partial charge in [-0.3, -0.25) is 9.20 Å². The monoisotopic (exact) mass is 454 g/mol. The van der Waals surface area contributed by atoms with Crippen LogP contribution in [0.1, 0.15) is 21.6 Å². The zero-order valence-corrected chi connectivity index (χ0v) is 19.0. The van der Waals surface area contributed by atoms with Gasteiger partial charge in [-0.05, 0) is 61.9 Å². The number of fused-ring (bicyclic) bond motifs is 1. The Labute approximate surface area is 194 Å². The van der Waals surface area contributed by atoms with E-state index in [1.54, 1.807) is 24.3 Å². The van der Waals surface area contributed by atoms with Crippen LogP contribution >= 0.6 is 11.3 Å². The van der Waals surface area contributed by atoms with Crippen molar-refractivity contribution in [2.75, 3.05) is 16.4 Å². The molecule has 2 aromatic carbocycles. The number of aryl methyl sites for hydroxylation is 2. The number of nitrogens with two attached hydrogens (primary N) is 1. The lowest BCUT2D eigenvalue weighted by Gasteiger charge is -2.08. The molecule has 0 radical (unpaired) electrons. The van der Waals surface area contributed by atoms with Gasteiger partial charge in [0.05, 0.1) is 22.8 Å². The molecule has 3 aromatic heterocycles. The lowest BCUT2D eigenvalue weighted by atomic mass is 10.2. The van der Waals surface area contributed by atoms with Crippen molar-refractivity contribution >= 4 is 45.1 Å². The van der Waals surface area contributed by atoms with Crippen molar-refractivity contribution in [3.05, 3.63) is 89.1 Å². The molecule has 5 rings (SSSR count). The number of para-hydroxylation sites is 2. The second-order valence-corrected chi connectivity index (χ2v) is 8.62. The van der Waals surface area contributed by atoms with E-state index in [1.807, 2.05) is 42.6 Å². The van der Waals surface area contributed by atoms with E-state index in [2.05, 4.69) is 39.2 Å². The highest BCUT2D eigenvalue weighted by atomic mass is 32.1. The van der Waals surface area contributed by atoms with Gasteiger partial charge in [0.15, 0.2) is 5.13 Å². The molecule has 3 heterocycles. The maximum atomic E-state index is 12.5. The van der Waals surface area contributed by atoms with Crippen molar-refractivity contribution in [3.8, 4) is 11.4 Å². The predicted octanol–water partition coefficient (Wildman–Crippen LogP) is 5.65. The van der Waals surface area contributed by atoms with E-state index in [0.29, 0.717) is 16.9 Å². The van der Waals surface area contributed by atoms with E-state index < -0.39 is 0 Å². The van der Waals surface area contributed by atoms with Crippen molar-refractivity contribution in [2.24, 2.45) is 0 Å². The molecule has 0 saturated heterocycles. The molecule has 7 nitrogen and oxygen atoms in total. The van der Waals surface area contributed by atoms with E-state index >= 15 is 0 Å². The van der Waals surface area contributed by atoms with Crippen LogP contribution in [0.3, 0.4) is 0 Å². The largest absolute Gasteiger partial charge is 0.397 e. The molecule has 1 amide bonds. The minimum atomic E-state index is -0.214. The van der Waals surface area contributed by atoms with Gasteiger partial charge < -0.3 is 16.4 Å². The molecule has 5 aromatic rings. The molecule has 0 saturated carbocycles. The van der Waals surface area contributed by atoms with Crippen molar-refractivity contribution in [3.63, 3.8) is 0 Å². The SMILES string of the molecule is Cc1ccc2nc(C)c(-c3csc(Nc4ccc(C(=O)Nc5ccccc5N)cc4)n3)n2c1. The van der Waals surface area contributed by atoms with Crippen LogP contribution < -0.4 is 16.4 Å². The van der Waals surface area contributed by atoms with Crippen LogP contribution in [0.4, 0.5) is 22.2 Å². The first-order chi connectivity index (χ1) is 16.0. The standard InChI is InChI=1S/C25H22N6OS/c1-15-7-12-22-27-16(2)23(31(22)13-15)21-14-33-25(30-21)28-18-10-8-17(9-11-18)24(32)29-20-6-4-3-5-19(20)26/h3-14H,26H2,1-2H3,(H,28,30)(H,29,32). The lowest BCUT2D eigenvalue weighted by Crippen LogP contribution is -2.13. The van der Waals surface area contributed by atoms with E-state index in [4.69, 9.17) is 10.7 Å². The summed E-state index contributed by atoms with van der Waals surface area (Å²) < 4.78 is 2.08. The first-order valence-electron chi connectivity index (χ1n) is 10.4. The molecule has 0 fully saturated rings. The summed E-state index contributed by atoms with van der Waals surface area (Å²) in [5, 5.41) is 8.94. The second kappa shape index (κ2) is 8.40. The molecule has 33 heavy (non-hydrogen) atoms. The van der Waals surface area contributed by atoms with Crippen molar-refractivity contribution < 1.29 is 4.79 Å². The molecule has 4 N–H and O–H groups in total. The van der Waals surface area contributed by atoms with Crippen LogP contribution in [0.15, 0.2) is 72.2 Å². The normalized spacial score (nSPS) is 11.0. The molecule has 164 valence electrons. The summed E-state index contributed by atoms with van der Waals surface area (Å²) in [5.74, 6) is -0.214. The Kier molecular flexibility index (Phi) is 5.27. The van der Waals surface area contributed by atoms with Crippen LogP contribution in [-0.2, 0) is 0 Å². The molecule has 0 unspecified atom stereocenters. The summed E-state index contributed by atoms with van der Waals surface area (Å²) in [4.78, 5) is 21.9. The topological polar surface area (TPSA) is 97.3 Å². The summed E-state index contributed by atoms with van der Waals surface area (Å²) in [6, 6.07) is 18.5. The Bertz CT molecular complexity index is 1470. The molecule has 0 spiro atoms. The van der Waals surface area contributed by atoms with Crippen LogP contribution in [0, 0.1) is 13.8 Å². The number of amides is 1. The number of rotatable bonds is 5. The molecular formula is C25H22N6OS. The van der Waals surface area contributed by atoms with Crippen molar-refractivity contribution in [1.29, 1.82) is 0 Å². The Morgan fingerprint density at radius 1 is 1.00 bits per heavy atom. The number of pyridine rings is 1. The number of benzene rings is 2. The fraction of sp³-hybridized carbons (Fsp3) is 0.0800. The van der Waals surface area contributed by atoms with Gasteiger partial charge in [-0.25, -0.2) is 9.97 Å². The maximum absolute atomic E-state index is 12.5. The fourth-order valence-corrected chi connectivity index (χ4v) is 4.37. The van der Waals surface area contributed by atoms with Gasteiger partial charge >= 0.3 is 0 Å². The third kappa shape index (κ3) is 4.16. The highest BCUT2D eigenvalue weighted by Gasteiger charge is 2.15. The maximum Gasteiger partial charge on any atom is 0.255 e. The van der Waals surface area contributed by atoms with Gasteiger partial charge in [-0.2, -0.15) is 0 Å². The molecule has 0 aliphatic heterocycles. The Balaban J connectivity index is 1.32. The third-order valence-corrected chi connectivity index (χ3v) is 6.05. The zero-order chi connectivity index (χ0) is 22.9. The van der Waals surface area contributed by atoms with Crippen molar-refractivity contribution in [1.82, 2.24) is 14.4 Å². The number of nitrogens with one attached hydrogen (secondary N) is 2. The summed E-state index contributed by atoms with van der Waals surface area (Å²) in [5.41, 5.74) is 13.3. The average molecular weight is 455 g/mol. The molecule has 0 atom stereocenters. The second-order valence-electron chi connectivity index (χ2n) is 7.76. The van der Waals surface area contributed by atoms with Crippen LogP contribution in [0.25, 0.3) is 17.0 Å². The number of hydrogen-bond donors (Lipinski definition) is 3. The van der Waals surface area contributed by atoms with Gasteiger partial charge in [0.2, 0.25) is 0 Å². The zero-order valence-electron chi connectivity index (χ0n) is 18.2. The van der Waals surface area contributed by atoms with E-state index in [-0.39, 0.29) is 5.91 Å². The first-order valence-corrected chi connectivity index (χ1v) is 11.3. The number of carbonyl (C=O) groups is 1. The summed E-state index contributed by atoms with van der Waals surface area (Å²) in [6.07, 6.45) is 2.07. The molecule has 0 aliphatic rings.